The number of hydrogen-bond donors (Lipinski definition) is 1. The molecule has 0 bridgehead atoms. The molecule has 2 nitrogen and oxygen atoms in total. The summed E-state index contributed by atoms with van der Waals surface area (Å²) >= 11 is 0. The maximum atomic E-state index is 5.20. The van der Waals surface area contributed by atoms with Gasteiger partial charge in [-0.1, -0.05) is 6.92 Å². The van der Waals surface area contributed by atoms with Crippen LogP contribution in [0.4, 0.5) is 5.69 Å². The molecule has 1 aromatic carbocycles. The number of anilines is 1. The molecule has 0 aromatic heterocycles. The van der Waals surface area contributed by atoms with E-state index in [1.54, 1.807) is 7.11 Å². The number of methoxy groups -OCH3 is 1. The minimum atomic E-state index is 0.657. The zero-order valence-electron chi connectivity index (χ0n) is 8.13. The second-order valence-electron chi connectivity index (χ2n) is 3.44. The monoisotopic (exact) mass is 177 g/mol. The van der Waals surface area contributed by atoms with E-state index in [9.17, 15) is 0 Å². The van der Waals surface area contributed by atoms with Crippen molar-refractivity contribution in [2.75, 3.05) is 19.0 Å². The maximum absolute atomic E-state index is 5.20. The average Bonchev–Trinajstić information content (AvgIpc) is 2.59. The van der Waals surface area contributed by atoms with Gasteiger partial charge in [-0.3, -0.25) is 0 Å². The highest BCUT2D eigenvalue weighted by Gasteiger charge is 2.20. The van der Waals surface area contributed by atoms with Crippen molar-refractivity contribution in [3.05, 3.63) is 23.8 Å². The summed E-state index contributed by atoms with van der Waals surface area (Å²) in [5.74, 6) is 1.62. The fourth-order valence-corrected chi connectivity index (χ4v) is 1.87. The first kappa shape index (κ1) is 8.42. The Bertz CT molecular complexity index is 309. The number of benzene rings is 1. The molecule has 0 saturated carbocycles. The SMILES string of the molecule is CC[C@@H]1CNc2ccc(OC)cc21. The van der Waals surface area contributed by atoms with Crippen molar-refractivity contribution < 1.29 is 4.74 Å². The van der Waals surface area contributed by atoms with Gasteiger partial charge in [0.1, 0.15) is 5.75 Å². The van der Waals surface area contributed by atoms with Gasteiger partial charge in [-0.2, -0.15) is 0 Å². The second kappa shape index (κ2) is 3.29. The van der Waals surface area contributed by atoms with Gasteiger partial charge in [0, 0.05) is 18.2 Å². The summed E-state index contributed by atoms with van der Waals surface area (Å²) in [7, 11) is 1.71. The fraction of sp³-hybridized carbons (Fsp3) is 0.455. The van der Waals surface area contributed by atoms with E-state index in [1.807, 2.05) is 6.07 Å². The summed E-state index contributed by atoms with van der Waals surface area (Å²) in [6.07, 6.45) is 1.19. The zero-order chi connectivity index (χ0) is 9.26. The summed E-state index contributed by atoms with van der Waals surface area (Å²) in [5, 5.41) is 3.40. The standard InChI is InChI=1S/C11H15NO/c1-3-8-7-12-11-5-4-9(13-2)6-10(8)11/h4-6,8,12H,3,7H2,1-2H3/t8-/m1/s1. The van der Waals surface area contributed by atoms with E-state index in [2.05, 4.69) is 24.4 Å². The minimum absolute atomic E-state index is 0.657. The first-order chi connectivity index (χ1) is 6.35. The van der Waals surface area contributed by atoms with Crippen molar-refractivity contribution in [1.29, 1.82) is 0 Å². The van der Waals surface area contributed by atoms with Gasteiger partial charge in [0.25, 0.3) is 0 Å². The van der Waals surface area contributed by atoms with Crippen LogP contribution in [0.25, 0.3) is 0 Å². The third-order valence-corrected chi connectivity index (χ3v) is 2.73. The molecular weight excluding hydrogens is 162 g/mol. The number of hydrogen-bond acceptors (Lipinski definition) is 2. The molecule has 1 heterocycles. The van der Waals surface area contributed by atoms with Gasteiger partial charge in [0.15, 0.2) is 0 Å². The average molecular weight is 177 g/mol. The summed E-state index contributed by atoms with van der Waals surface area (Å²) < 4.78 is 5.20. The molecule has 0 unspecified atom stereocenters. The topological polar surface area (TPSA) is 21.3 Å². The molecule has 0 saturated heterocycles. The van der Waals surface area contributed by atoms with Gasteiger partial charge < -0.3 is 10.1 Å². The first-order valence-corrected chi connectivity index (χ1v) is 4.77. The van der Waals surface area contributed by atoms with Crippen molar-refractivity contribution in [3.63, 3.8) is 0 Å². The Kier molecular flexibility index (Phi) is 2.13. The lowest BCUT2D eigenvalue weighted by molar-refractivity contribution is 0.414. The van der Waals surface area contributed by atoms with Gasteiger partial charge in [0.2, 0.25) is 0 Å². The molecule has 2 rings (SSSR count). The molecule has 1 aromatic rings. The van der Waals surface area contributed by atoms with Crippen LogP contribution in [0.2, 0.25) is 0 Å². The van der Waals surface area contributed by atoms with E-state index in [0.29, 0.717) is 5.92 Å². The van der Waals surface area contributed by atoms with Crippen LogP contribution in [0.5, 0.6) is 5.75 Å². The van der Waals surface area contributed by atoms with Crippen LogP contribution in [-0.4, -0.2) is 13.7 Å². The quantitative estimate of drug-likeness (QED) is 0.749. The van der Waals surface area contributed by atoms with E-state index in [1.165, 1.54) is 17.7 Å². The Morgan fingerprint density at radius 2 is 2.38 bits per heavy atom. The Hall–Kier alpha value is -1.18. The van der Waals surface area contributed by atoms with Gasteiger partial charge in [-0.25, -0.2) is 0 Å². The Morgan fingerprint density at radius 1 is 1.54 bits per heavy atom. The van der Waals surface area contributed by atoms with Crippen molar-refractivity contribution >= 4 is 5.69 Å². The number of rotatable bonds is 2. The molecule has 13 heavy (non-hydrogen) atoms. The smallest absolute Gasteiger partial charge is 0.119 e. The maximum Gasteiger partial charge on any atom is 0.119 e. The summed E-state index contributed by atoms with van der Waals surface area (Å²) in [5.41, 5.74) is 2.68. The van der Waals surface area contributed by atoms with E-state index in [-0.39, 0.29) is 0 Å². The van der Waals surface area contributed by atoms with Gasteiger partial charge in [0.05, 0.1) is 7.11 Å². The van der Waals surface area contributed by atoms with Crippen LogP contribution >= 0.6 is 0 Å². The number of ether oxygens (including phenoxy) is 1. The molecule has 0 spiro atoms. The predicted molar refractivity (Wildman–Crippen MR) is 54.5 cm³/mol. The lowest BCUT2D eigenvalue weighted by Crippen LogP contribution is -1.99. The van der Waals surface area contributed by atoms with E-state index >= 15 is 0 Å². The zero-order valence-corrected chi connectivity index (χ0v) is 8.13. The molecule has 2 heteroatoms. The van der Waals surface area contributed by atoms with Gasteiger partial charge in [-0.15, -0.1) is 0 Å². The molecule has 1 aliphatic rings. The highest BCUT2D eigenvalue weighted by Crippen LogP contribution is 2.35. The summed E-state index contributed by atoms with van der Waals surface area (Å²) in [6.45, 7) is 3.29. The van der Waals surface area contributed by atoms with Gasteiger partial charge >= 0.3 is 0 Å². The molecular formula is C11H15NO. The highest BCUT2D eigenvalue weighted by atomic mass is 16.5. The van der Waals surface area contributed by atoms with Crippen molar-refractivity contribution in [1.82, 2.24) is 0 Å². The van der Waals surface area contributed by atoms with Crippen LogP contribution in [0.3, 0.4) is 0 Å². The fourth-order valence-electron chi connectivity index (χ4n) is 1.87. The predicted octanol–water partition coefficient (Wildman–Crippen LogP) is 2.61. The third-order valence-electron chi connectivity index (χ3n) is 2.73. The van der Waals surface area contributed by atoms with Crippen molar-refractivity contribution in [2.45, 2.75) is 19.3 Å². The number of nitrogens with one attached hydrogen (secondary N) is 1. The highest BCUT2D eigenvalue weighted by molar-refractivity contribution is 5.60. The molecule has 1 aliphatic heterocycles. The van der Waals surface area contributed by atoms with Crippen molar-refractivity contribution in [3.8, 4) is 5.75 Å². The first-order valence-electron chi connectivity index (χ1n) is 4.77. The summed E-state index contributed by atoms with van der Waals surface area (Å²) in [6, 6.07) is 6.25. The minimum Gasteiger partial charge on any atom is -0.497 e. The van der Waals surface area contributed by atoms with Crippen LogP contribution in [0.15, 0.2) is 18.2 Å². The Labute approximate surface area is 78.9 Å². The molecule has 1 N–H and O–H groups in total. The van der Waals surface area contributed by atoms with Crippen LogP contribution in [0.1, 0.15) is 24.8 Å². The lowest BCUT2D eigenvalue weighted by Gasteiger charge is -2.07. The van der Waals surface area contributed by atoms with Crippen molar-refractivity contribution in [2.24, 2.45) is 0 Å². The van der Waals surface area contributed by atoms with E-state index in [4.69, 9.17) is 4.74 Å². The normalized spacial score (nSPS) is 19.4. The summed E-state index contributed by atoms with van der Waals surface area (Å²) in [4.78, 5) is 0. The number of fused-ring (bicyclic) bond motifs is 1. The Balaban J connectivity index is 2.37. The lowest BCUT2D eigenvalue weighted by atomic mass is 9.99. The van der Waals surface area contributed by atoms with Gasteiger partial charge in [-0.05, 0) is 30.2 Å². The Morgan fingerprint density at radius 3 is 3.08 bits per heavy atom. The van der Waals surface area contributed by atoms with Crippen LogP contribution in [0, 0.1) is 0 Å². The molecule has 1 atom stereocenters. The molecule has 0 amide bonds. The van der Waals surface area contributed by atoms with E-state index < -0.39 is 0 Å². The van der Waals surface area contributed by atoms with Crippen LogP contribution < -0.4 is 10.1 Å². The largest absolute Gasteiger partial charge is 0.497 e. The molecule has 0 fully saturated rings. The molecule has 0 aliphatic carbocycles. The van der Waals surface area contributed by atoms with Crippen LogP contribution in [-0.2, 0) is 0 Å². The second-order valence-corrected chi connectivity index (χ2v) is 3.44. The molecule has 0 radical (unpaired) electrons. The third kappa shape index (κ3) is 1.37. The molecule has 70 valence electrons. The van der Waals surface area contributed by atoms with E-state index in [0.717, 1.165) is 12.3 Å².